The SMILES string of the molecule is COc1cccc(C2(O)CCC(N(C)Cc3c[nH]c4cc(Cl)cc(Cl)c34)CC2)c1. The van der Waals surface area contributed by atoms with Gasteiger partial charge in [0, 0.05) is 34.7 Å². The highest BCUT2D eigenvalue weighted by Gasteiger charge is 2.36. The molecule has 0 saturated heterocycles. The molecule has 1 saturated carbocycles. The van der Waals surface area contributed by atoms with Crippen LogP contribution in [0.5, 0.6) is 5.75 Å². The van der Waals surface area contributed by atoms with Gasteiger partial charge in [0.05, 0.1) is 17.7 Å². The van der Waals surface area contributed by atoms with E-state index in [-0.39, 0.29) is 0 Å². The zero-order chi connectivity index (χ0) is 20.6. The standard InChI is InChI=1S/C23H26Cl2N2O2/c1-27(14-15-13-26-21-12-17(24)11-20(25)22(15)21)18-6-8-23(28,9-7-18)16-4-3-5-19(10-16)29-2/h3-5,10-13,18,26,28H,6-9,14H2,1-2H3. The van der Waals surface area contributed by atoms with Crippen LogP contribution >= 0.6 is 23.2 Å². The molecule has 1 heterocycles. The fourth-order valence-corrected chi connectivity index (χ4v) is 5.11. The number of rotatable bonds is 5. The van der Waals surface area contributed by atoms with Crippen molar-refractivity contribution in [3.63, 3.8) is 0 Å². The van der Waals surface area contributed by atoms with Crippen molar-refractivity contribution in [1.82, 2.24) is 9.88 Å². The third-order valence-electron chi connectivity index (χ3n) is 6.21. The van der Waals surface area contributed by atoms with Crippen molar-refractivity contribution in [2.75, 3.05) is 14.2 Å². The van der Waals surface area contributed by atoms with E-state index in [2.05, 4.69) is 16.9 Å². The smallest absolute Gasteiger partial charge is 0.119 e. The molecule has 0 amide bonds. The number of methoxy groups -OCH3 is 1. The number of aromatic amines is 1. The molecule has 0 spiro atoms. The van der Waals surface area contributed by atoms with Gasteiger partial charge < -0.3 is 14.8 Å². The Labute approximate surface area is 181 Å². The Morgan fingerprint density at radius 1 is 1.21 bits per heavy atom. The third-order valence-corrected chi connectivity index (χ3v) is 6.73. The predicted octanol–water partition coefficient (Wildman–Crippen LogP) is 5.75. The van der Waals surface area contributed by atoms with Crippen LogP contribution < -0.4 is 4.74 Å². The lowest BCUT2D eigenvalue weighted by Crippen LogP contribution is -2.40. The van der Waals surface area contributed by atoms with Gasteiger partial charge >= 0.3 is 0 Å². The third kappa shape index (κ3) is 4.13. The van der Waals surface area contributed by atoms with Crippen LogP contribution in [0, 0.1) is 0 Å². The van der Waals surface area contributed by atoms with E-state index < -0.39 is 5.60 Å². The van der Waals surface area contributed by atoms with E-state index in [9.17, 15) is 5.11 Å². The average Bonchev–Trinajstić information content (AvgIpc) is 3.11. The number of nitrogens with zero attached hydrogens (tertiary/aromatic N) is 1. The normalized spacial score (nSPS) is 22.3. The Morgan fingerprint density at radius 2 is 1.97 bits per heavy atom. The Kier molecular flexibility index (Phi) is 5.80. The summed E-state index contributed by atoms with van der Waals surface area (Å²) in [6.45, 7) is 0.795. The summed E-state index contributed by atoms with van der Waals surface area (Å²) in [6.07, 6.45) is 5.36. The summed E-state index contributed by atoms with van der Waals surface area (Å²) in [7, 11) is 3.79. The number of hydrogen-bond donors (Lipinski definition) is 2. The molecule has 0 radical (unpaired) electrons. The first kappa shape index (κ1) is 20.5. The second-order valence-electron chi connectivity index (χ2n) is 8.03. The van der Waals surface area contributed by atoms with Crippen LogP contribution in [0.25, 0.3) is 10.9 Å². The Balaban J connectivity index is 1.45. The van der Waals surface area contributed by atoms with Crippen molar-refractivity contribution in [2.45, 2.75) is 43.9 Å². The van der Waals surface area contributed by atoms with Gasteiger partial charge in [-0.25, -0.2) is 0 Å². The minimum Gasteiger partial charge on any atom is -0.497 e. The number of halogens is 2. The number of ether oxygens (including phenoxy) is 1. The number of aromatic nitrogens is 1. The number of nitrogens with one attached hydrogen (secondary N) is 1. The molecule has 29 heavy (non-hydrogen) atoms. The van der Waals surface area contributed by atoms with Crippen molar-refractivity contribution in [2.24, 2.45) is 0 Å². The molecule has 1 aliphatic rings. The number of H-pyrrole nitrogens is 1. The minimum absolute atomic E-state index is 0.414. The molecule has 154 valence electrons. The fourth-order valence-electron chi connectivity index (χ4n) is 4.50. The van der Waals surface area contributed by atoms with E-state index in [0.29, 0.717) is 16.1 Å². The molecule has 0 aliphatic heterocycles. The molecule has 2 aromatic carbocycles. The van der Waals surface area contributed by atoms with Crippen molar-refractivity contribution < 1.29 is 9.84 Å². The molecule has 1 aliphatic carbocycles. The summed E-state index contributed by atoms with van der Waals surface area (Å²) in [4.78, 5) is 5.64. The van der Waals surface area contributed by atoms with Crippen molar-refractivity contribution in [3.8, 4) is 5.75 Å². The van der Waals surface area contributed by atoms with Gasteiger partial charge in [-0.05, 0) is 68.1 Å². The molecule has 2 N–H and O–H groups in total. The highest BCUT2D eigenvalue weighted by Crippen LogP contribution is 2.40. The van der Waals surface area contributed by atoms with E-state index in [4.69, 9.17) is 27.9 Å². The zero-order valence-corrected chi connectivity index (χ0v) is 18.2. The Morgan fingerprint density at radius 3 is 2.69 bits per heavy atom. The van der Waals surface area contributed by atoms with Crippen LogP contribution in [-0.2, 0) is 12.1 Å². The van der Waals surface area contributed by atoms with Gasteiger partial charge in [-0.2, -0.15) is 0 Å². The van der Waals surface area contributed by atoms with E-state index in [1.165, 1.54) is 0 Å². The average molecular weight is 433 g/mol. The van der Waals surface area contributed by atoms with E-state index in [0.717, 1.165) is 60.0 Å². The van der Waals surface area contributed by atoms with Crippen LogP contribution in [0.1, 0.15) is 36.8 Å². The predicted molar refractivity (Wildman–Crippen MR) is 119 cm³/mol. The number of benzene rings is 2. The summed E-state index contributed by atoms with van der Waals surface area (Å²) < 4.78 is 5.32. The van der Waals surface area contributed by atoms with Gasteiger partial charge in [-0.15, -0.1) is 0 Å². The van der Waals surface area contributed by atoms with Gasteiger partial charge in [0.2, 0.25) is 0 Å². The Hall–Kier alpha value is -1.72. The fraction of sp³-hybridized carbons (Fsp3) is 0.391. The largest absolute Gasteiger partial charge is 0.497 e. The lowest BCUT2D eigenvalue weighted by Gasteiger charge is -2.40. The van der Waals surface area contributed by atoms with Gasteiger partial charge in [-0.3, -0.25) is 4.90 Å². The van der Waals surface area contributed by atoms with E-state index in [1.54, 1.807) is 13.2 Å². The summed E-state index contributed by atoms with van der Waals surface area (Å²) in [5, 5.41) is 13.6. The lowest BCUT2D eigenvalue weighted by atomic mass is 9.77. The quantitative estimate of drug-likeness (QED) is 0.539. The Bertz CT molecular complexity index is 1010. The summed E-state index contributed by atoms with van der Waals surface area (Å²) in [6, 6.07) is 11.9. The minimum atomic E-state index is -0.785. The van der Waals surface area contributed by atoms with Crippen molar-refractivity contribution >= 4 is 34.1 Å². The monoisotopic (exact) mass is 432 g/mol. The highest BCUT2D eigenvalue weighted by molar-refractivity contribution is 6.38. The lowest BCUT2D eigenvalue weighted by molar-refractivity contribution is -0.0228. The molecule has 4 nitrogen and oxygen atoms in total. The number of fused-ring (bicyclic) bond motifs is 1. The molecule has 0 atom stereocenters. The van der Waals surface area contributed by atoms with Crippen LogP contribution in [0.15, 0.2) is 42.6 Å². The van der Waals surface area contributed by atoms with Crippen LogP contribution in [0.2, 0.25) is 10.0 Å². The van der Waals surface area contributed by atoms with Crippen molar-refractivity contribution in [1.29, 1.82) is 0 Å². The van der Waals surface area contributed by atoms with Gasteiger partial charge in [0.15, 0.2) is 0 Å². The summed E-state index contributed by atoms with van der Waals surface area (Å²) >= 11 is 12.6. The first-order valence-corrected chi connectivity index (χ1v) is 10.7. The molecular weight excluding hydrogens is 407 g/mol. The second-order valence-corrected chi connectivity index (χ2v) is 8.88. The molecule has 1 fully saturated rings. The number of aliphatic hydroxyl groups is 1. The molecule has 3 aromatic rings. The molecule has 0 unspecified atom stereocenters. The molecule has 6 heteroatoms. The van der Waals surface area contributed by atoms with Crippen LogP contribution in [0.3, 0.4) is 0 Å². The van der Waals surface area contributed by atoms with Crippen LogP contribution in [0.4, 0.5) is 0 Å². The molecule has 4 rings (SSSR count). The van der Waals surface area contributed by atoms with Crippen molar-refractivity contribution in [3.05, 3.63) is 63.8 Å². The molecular formula is C23H26Cl2N2O2. The maximum Gasteiger partial charge on any atom is 0.119 e. The summed E-state index contributed by atoms with van der Waals surface area (Å²) in [5.74, 6) is 0.784. The maximum atomic E-state index is 11.2. The molecule has 0 bridgehead atoms. The van der Waals surface area contributed by atoms with Gasteiger partial charge in [0.1, 0.15) is 5.75 Å². The maximum absolute atomic E-state index is 11.2. The summed E-state index contributed by atoms with van der Waals surface area (Å²) in [5.41, 5.74) is 2.28. The zero-order valence-electron chi connectivity index (χ0n) is 16.7. The molecule has 1 aromatic heterocycles. The van der Waals surface area contributed by atoms with Gasteiger partial charge in [0.25, 0.3) is 0 Å². The van der Waals surface area contributed by atoms with E-state index in [1.807, 2.05) is 36.5 Å². The van der Waals surface area contributed by atoms with Crippen LogP contribution in [-0.4, -0.2) is 35.2 Å². The number of hydrogen-bond acceptors (Lipinski definition) is 3. The first-order chi connectivity index (χ1) is 13.9. The van der Waals surface area contributed by atoms with Gasteiger partial charge in [-0.1, -0.05) is 35.3 Å². The second kappa shape index (κ2) is 8.19. The first-order valence-electron chi connectivity index (χ1n) is 9.92. The topological polar surface area (TPSA) is 48.5 Å². The highest BCUT2D eigenvalue weighted by atomic mass is 35.5. The van der Waals surface area contributed by atoms with E-state index >= 15 is 0 Å².